The van der Waals surface area contributed by atoms with Crippen LogP contribution in [0.1, 0.15) is 16.6 Å². The number of rotatable bonds is 5. The van der Waals surface area contributed by atoms with Gasteiger partial charge in [0, 0.05) is 11.6 Å². The van der Waals surface area contributed by atoms with Gasteiger partial charge in [-0.05, 0) is 19.1 Å². The number of ether oxygens (including phenoxy) is 1. The van der Waals surface area contributed by atoms with E-state index in [1.54, 1.807) is 18.4 Å². The standard InChI is InChI=1S/C12H11N3O4S/c1-2-19-12(16)11-5-8(7-20-11)14-9-3-4-13-6-10(9)15(17)18/h3-7H,2H2,1H3,(H,13,14). The van der Waals surface area contributed by atoms with Crippen LogP contribution in [0.3, 0.4) is 0 Å². The van der Waals surface area contributed by atoms with E-state index in [1.807, 2.05) is 0 Å². The molecule has 0 aromatic carbocycles. The average molecular weight is 293 g/mol. The molecule has 0 radical (unpaired) electrons. The maximum Gasteiger partial charge on any atom is 0.348 e. The largest absolute Gasteiger partial charge is 0.462 e. The van der Waals surface area contributed by atoms with E-state index in [1.165, 1.54) is 29.8 Å². The smallest absolute Gasteiger partial charge is 0.348 e. The Labute approximate surface area is 118 Å². The van der Waals surface area contributed by atoms with Crippen LogP contribution < -0.4 is 5.32 Å². The molecule has 1 N–H and O–H groups in total. The number of nitrogens with one attached hydrogen (secondary N) is 1. The highest BCUT2D eigenvalue weighted by Gasteiger charge is 2.15. The second kappa shape index (κ2) is 6.11. The molecule has 2 aromatic heterocycles. The molecule has 0 saturated heterocycles. The highest BCUT2D eigenvalue weighted by molar-refractivity contribution is 7.12. The van der Waals surface area contributed by atoms with E-state index in [-0.39, 0.29) is 5.69 Å². The fourth-order valence-corrected chi connectivity index (χ4v) is 2.23. The Bertz CT molecular complexity index is 641. The fourth-order valence-electron chi connectivity index (χ4n) is 1.50. The van der Waals surface area contributed by atoms with Gasteiger partial charge in [0.1, 0.15) is 16.8 Å². The van der Waals surface area contributed by atoms with E-state index in [0.29, 0.717) is 22.9 Å². The van der Waals surface area contributed by atoms with Crippen molar-refractivity contribution in [2.24, 2.45) is 0 Å². The van der Waals surface area contributed by atoms with Crippen molar-refractivity contribution in [1.29, 1.82) is 0 Å². The molecule has 2 heterocycles. The Morgan fingerprint density at radius 3 is 3.10 bits per heavy atom. The van der Waals surface area contributed by atoms with Crippen molar-refractivity contribution in [2.75, 3.05) is 11.9 Å². The maximum atomic E-state index is 11.5. The lowest BCUT2D eigenvalue weighted by Gasteiger charge is -2.03. The molecule has 0 aliphatic rings. The second-order valence-electron chi connectivity index (χ2n) is 3.70. The molecule has 0 bridgehead atoms. The second-order valence-corrected chi connectivity index (χ2v) is 4.61. The number of hydrogen-bond acceptors (Lipinski definition) is 7. The molecule has 0 aliphatic carbocycles. The third-order valence-corrected chi connectivity index (χ3v) is 3.26. The summed E-state index contributed by atoms with van der Waals surface area (Å²) in [6, 6.07) is 3.09. The van der Waals surface area contributed by atoms with Crippen LogP contribution in [-0.4, -0.2) is 22.5 Å². The van der Waals surface area contributed by atoms with E-state index < -0.39 is 10.9 Å². The normalized spacial score (nSPS) is 10.1. The molecule has 0 spiro atoms. The Kier molecular flexibility index (Phi) is 4.26. The predicted octanol–water partition coefficient (Wildman–Crippen LogP) is 2.97. The monoisotopic (exact) mass is 293 g/mol. The quantitative estimate of drug-likeness (QED) is 0.517. The molecule has 0 saturated carbocycles. The van der Waals surface area contributed by atoms with Gasteiger partial charge in [-0.1, -0.05) is 0 Å². The molecule has 8 heteroatoms. The minimum Gasteiger partial charge on any atom is -0.462 e. The lowest BCUT2D eigenvalue weighted by Crippen LogP contribution is -2.01. The zero-order valence-corrected chi connectivity index (χ0v) is 11.3. The van der Waals surface area contributed by atoms with Crippen LogP contribution in [0.25, 0.3) is 0 Å². The van der Waals surface area contributed by atoms with Gasteiger partial charge in [0.05, 0.1) is 17.2 Å². The van der Waals surface area contributed by atoms with Crippen LogP contribution in [0.5, 0.6) is 0 Å². The van der Waals surface area contributed by atoms with Crippen molar-refractivity contribution >= 4 is 34.4 Å². The minimum atomic E-state index is -0.520. The lowest BCUT2D eigenvalue weighted by molar-refractivity contribution is -0.384. The predicted molar refractivity (Wildman–Crippen MR) is 74.4 cm³/mol. The maximum absolute atomic E-state index is 11.5. The van der Waals surface area contributed by atoms with Gasteiger partial charge in [-0.2, -0.15) is 0 Å². The molecular formula is C12H11N3O4S. The number of nitrogens with zero attached hydrogens (tertiary/aromatic N) is 2. The van der Waals surface area contributed by atoms with Gasteiger partial charge in [-0.25, -0.2) is 4.79 Å². The number of hydrogen-bond donors (Lipinski definition) is 1. The molecule has 7 nitrogen and oxygen atoms in total. The number of esters is 1. The number of nitro groups is 1. The van der Waals surface area contributed by atoms with Crippen molar-refractivity contribution in [3.05, 3.63) is 44.9 Å². The number of thiophene rings is 1. The first-order chi connectivity index (χ1) is 9.61. The van der Waals surface area contributed by atoms with Crippen molar-refractivity contribution in [1.82, 2.24) is 4.98 Å². The van der Waals surface area contributed by atoms with Crippen LogP contribution in [0, 0.1) is 10.1 Å². The molecule has 0 amide bonds. The van der Waals surface area contributed by atoms with E-state index in [9.17, 15) is 14.9 Å². The number of aromatic nitrogens is 1. The lowest BCUT2D eigenvalue weighted by atomic mass is 10.3. The Morgan fingerprint density at radius 1 is 1.60 bits per heavy atom. The summed E-state index contributed by atoms with van der Waals surface area (Å²) in [7, 11) is 0. The molecule has 20 heavy (non-hydrogen) atoms. The van der Waals surface area contributed by atoms with Crippen LogP contribution in [0.2, 0.25) is 0 Å². The minimum absolute atomic E-state index is 0.128. The molecule has 0 aliphatic heterocycles. The third kappa shape index (κ3) is 3.09. The summed E-state index contributed by atoms with van der Waals surface area (Å²) in [5, 5.41) is 15.4. The highest BCUT2D eigenvalue weighted by Crippen LogP contribution is 2.28. The summed E-state index contributed by atoms with van der Waals surface area (Å²) in [5.41, 5.74) is 0.780. The number of carbonyl (C=O) groups is 1. The third-order valence-electron chi connectivity index (χ3n) is 2.35. The molecular weight excluding hydrogens is 282 g/mol. The van der Waals surface area contributed by atoms with Gasteiger partial charge in [0.2, 0.25) is 0 Å². The van der Waals surface area contributed by atoms with Gasteiger partial charge in [0.25, 0.3) is 0 Å². The molecule has 2 aromatic rings. The van der Waals surface area contributed by atoms with Crippen molar-refractivity contribution < 1.29 is 14.5 Å². The summed E-state index contributed by atoms with van der Waals surface area (Å²) < 4.78 is 4.88. The van der Waals surface area contributed by atoms with Gasteiger partial charge < -0.3 is 10.1 Å². The average Bonchev–Trinajstić information content (AvgIpc) is 2.88. The summed E-state index contributed by atoms with van der Waals surface area (Å²) in [6.07, 6.45) is 2.62. The first-order valence-corrected chi connectivity index (χ1v) is 6.61. The molecule has 104 valence electrons. The van der Waals surface area contributed by atoms with Gasteiger partial charge in [-0.3, -0.25) is 15.1 Å². The van der Waals surface area contributed by atoms with Crippen molar-refractivity contribution in [3.63, 3.8) is 0 Å². The van der Waals surface area contributed by atoms with E-state index in [2.05, 4.69) is 10.3 Å². The van der Waals surface area contributed by atoms with E-state index in [0.717, 1.165) is 0 Å². The summed E-state index contributed by atoms with van der Waals surface area (Å²) >= 11 is 1.21. The number of carbonyl (C=O) groups excluding carboxylic acids is 1. The Balaban J connectivity index is 2.19. The Hall–Kier alpha value is -2.48. The highest BCUT2D eigenvalue weighted by atomic mass is 32.1. The van der Waals surface area contributed by atoms with Crippen LogP contribution in [0.15, 0.2) is 29.9 Å². The molecule has 2 rings (SSSR count). The van der Waals surface area contributed by atoms with Gasteiger partial charge in [-0.15, -0.1) is 11.3 Å². The zero-order valence-electron chi connectivity index (χ0n) is 10.5. The van der Waals surface area contributed by atoms with Gasteiger partial charge >= 0.3 is 11.7 Å². The van der Waals surface area contributed by atoms with E-state index >= 15 is 0 Å². The summed E-state index contributed by atoms with van der Waals surface area (Å²) in [4.78, 5) is 26.0. The van der Waals surface area contributed by atoms with Crippen LogP contribution >= 0.6 is 11.3 Å². The number of anilines is 2. The molecule has 0 atom stereocenters. The first-order valence-electron chi connectivity index (χ1n) is 5.73. The van der Waals surface area contributed by atoms with Crippen LogP contribution in [-0.2, 0) is 4.74 Å². The topological polar surface area (TPSA) is 94.4 Å². The Morgan fingerprint density at radius 2 is 2.40 bits per heavy atom. The molecule has 0 fully saturated rings. The molecule has 0 unspecified atom stereocenters. The SMILES string of the molecule is CCOC(=O)c1cc(Nc2ccncc2[N+](=O)[O-])cs1. The first kappa shape index (κ1) is 13.9. The fraction of sp³-hybridized carbons (Fsp3) is 0.167. The van der Waals surface area contributed by atoms with Gasteiger partial charge in [0.15, 0.2) is 0 Å². The van der Waals surface area contributed by atoms with E-state index in [4.69, 9.17) is 4.74 Å². The van der Waals surface area contributed by atoms with Crippen molar-refractivity contribution in [3.8, 4) is 0 Å². The number of pyridine rings is 1. The summed E-state index contributed by atoms with van der Waals surface area (Å²) in [5.74, 6) is -0.408. The summed E-state index contributed by atoms with van der Waals surface area (Å²) in [6.45, 7) is 2.03. The van der Waals surface area contributed by atoms with Crippen LogP contribution in [0.4, 0.5) is 17.1 Å². The zero-order chi connectivity index (χ0) is 14.5. The van der Waals surface area contributed by atoms with Crippen molar-refractivity contribution in [2.45, 2.75) is 6.92 Å².